The lowest BCUT2D eigenvalue weighted by Gasteiger charge is -2.15. The minimum absolute atomic E-state index is 0.0582. The third kappa shape index (κ3) is 1.72. The van der Waals surface area contributed by atoms with Crippen molar-refractivity contribution in [2.24, 2.45) is 5.92 Å². The fourth-order valence-corrected chi connectivity index (χ4v) is 2.58. The van der Waals surface area contributed by atoms with Crippen molar-refractivity contribution in [3.63, 3.8) is 0 Å². The first-order valence-corrected chi connectivity index (χ1v) is 6.13. The van der Waals surface area contributed by atoms with E-state index in [1.54, 1.807) is 18.2 Å². The molecule has 92 valence electrons. The quantitative estimate of drug-likeness (QED) is 0.878. The van der Waals surface area contributed by atoms with Crippen LogP contribution < -0.4 is 4.90 Å². The Hall–Kier alpha value is -2.02. The number of carboxylic acids is 1. The van der Waals surface area contributed by atoms with Crippen LogP contribution in [0.3, 0.4) is 0 Å². The summed E-state index contributed by atoms with van der Waals surface area (Å²) in [6, 6.07) is 5.32. The Morgan fingerprint density at radius 1 is 1.39 bits per heavy atom. The minimum atomic E-state index is -0.928. The average Bonchev–Trinajstić information content (AvgIpc) is 2.93. The van der Waals surface area contributed by atoms with Crippen molar-refractivity contribution in [1.82, 2.24) is 8.75 Å². The van der Waals surface area contributed by atoms with Crippen molar-refractivity contribution in [3.05, 3.63) is 18.2 Å². The van der Waals surface area contributed by atoms with Crippen LogP contribution in [0.5, 0.6) is 0 Å². The summed E-state index contributed by atoms with van der Waals surface area (Å²) < 4.78 is 8.19. The third-order valence-corrected chi connectivity index (χ3v) is 3.58. The molecule has 7 heteroatoms. The van der Waals surface area contributed by atoms with Gasteiger partial charge in [0.25, 0.3) is 0 Å². The summed E-state index contributed by atoms with van der Waals surface area (Å²) in [4.78, 5) is 24.2. The maximum atomic E-state index is 11.8. The van der Waals surface area contributed by atoms with Crippen LogP contribution in [-0.4, -0.2) is 32.3 Å². The van der Waals surface area contributed by atoms with Gasteiger partial charge in [-0.05, 0) is 18.2 Å². The van der Waals surface area contributed by atoms with Crippen LogP contribution in [0.25, 0.3) is 11.0 Å². The fourth-order valence-electron chi connectivity index (χ4n) is 2.06. The summed E-state index contributed by atoms with van der Waals surface area (Å²) in [6.07, 6.45) is 0.0582. The Morgan fingerprint density at radius 2 is 2.17 bits per heavy atom. The van der Waals surface area contributed by atoms with E-state index in [1.165, 1.54) is 4.90 Å². The van der Waals surface area contributed by atoms with Gasteiger partial charge >= 0.3 is 5.97 Å². The number of amides is 1. The largest absolute Gasteiger partial charge is 0.481 e. The van der Waals surface area contributed by atoms with E-state index in [-0.39, 0.29) is 18.9 Å². The zero-order valence-corrected chi connectivity index (χ0v) is 10.1. The van der Waals surface area contributed by atoms with E-state index >= 15 is 0 Å². The van der Waals surface area contributed by atoms with Crippen molar-refractivity contribution in [1.29, 1.82) is 0 Å². The van der Waals surface area contributed by atoms with Gasteiger partial charge in [0.1, 0.15) is 11.0 Å². The number of carboxylic acid groups (broad SMARTS) is 1. The number of carbonyl (C=O) groups excluding carboxylic acids is 1. The van der Waals surface area contributed by atoms with Gasteiger partial charge in [0.05, 0.1) is 17.6 Å². The van der Waals surface area contributed by atoms with Gasteiger partial charge in [-0.3, -0.25) is 9.59 Å². The molecule has 2 heterocycles. The minimum Gasteiger partial charge on any atom is -0.481 e. The second-order valence-electron chi connectivity index (χ2n) is 4.18. The lowest BCUT2D eigenvalue weighted by atomic mass is 10.1. The van der Waals surface area contributed by atoms with Crippen molar-refractivity contribution in [2.45, 2.75) is 6.42 Å². The number of benzene rings is 1. The summed E-state index contributed by atoms with van der Waals surface area (Å²) in [6.45, 7) is 0.219. The Balaban J connectivity index is 1.94. The normalized spacial score (nSPS) is 19.7. The van der Waals surface area contributed by atoms with Crippen LogP contribution in [0.2, 0.25) is 0 Å². The van der Waals surface area contributed by atoms with Crippen LogP contribution in [0.4, 0.5) is 5.69 Å². The van der Waals surface area contributed by atoms with E-state index in [0.717, 1.165) is 22.8 Å². The SMILES string of the molecule is O=C(O)C1CC(=O)N(c2ccc3nsnc3c2)C1. The number of hydrogen-bond acceptors (Lipinski definition) is 5. The maximum Gasteiger partial charge on any atom is 0.308 e. The number of carbonyl (C=O) groups is 2. The Bertz CT molecular complexity index is 639. The molecule has 1 aromatic heterocycles. The van der Waals surface area contributed by atoms with Crippen LogP contribution in [0.1, 0.15) is 6.42 Å². The van der Waals surface area contributed by atoms with E-state index in [9.17, 15) is 9.59 Å². The van der Waals surface area contributed by atoms with Crippen molar-refractivity contribution in [2.75, 3.05) is 11.4 Å². The van der Waals surface area contributed by atoms with Gasteiger partial charge in [0.15, 0.2) is 0 Å². The molecule has 3 rings (SSSR count). The highest BCUT2D eigenvalue weighted by Crippen LogP contribution is 2.27. The number of fused-ring (bicyclic) bond motifs is 1. The Labute approximate surface area is 106 Å². The third-order valence-electron chi connectivity index (χ3n) is 3.02. The molecule has 1 aromatic carbocycles. The standard InChI is InChI=1S/C11H9N3O3S/c15-10-3-6(11(16)17)5-14(10)7-1-2-8-9(4-7)13-18-12-8/h1-2,4,6H,3,5H2,(H,16,17). The molecule has 1 saturated heterocycles. The first kappa shape index (κ1) is 11.1. The molecule has 0 bridgehead atoms. The molecule has 1 amide bonds. The predicted molar refractivity (Wildman–Crippen MR) is 65.5 cm³/mol. The van der Waals surface area contributed by atoms with Gasteiger partial charge in [-0.15, -0.1) is 0 Å². The zero-order valence-electron chi connectivity index (χ0n) is 9.24. The average molecular weight is 263 g/mol. The molecular formula is C11H9N3O3S. The van der Waals surface area contributed by atoms with Crippen molar-refractivity contribution < 1.29 is 14.7 Å². The molecule has 1 fully saturated rings. The monoisotopic (exact) mass is 263 g/mol. The van der Waals surface area contributed by atoms with Crippen LogP contribution in [-0.2, 0) is 9.59 Å². The molecule has 1 aliphatic heterocycles. The Kier molecular flexibility index (Phi) is 2.48. The van der Waals surface area contributed by atoms with Gasteiger partial charge in [0.2, 0.25) is 5.91 Å². The highest BCUT2D eigenvalue weighted by Gasteiger charge is 2.35. The summed E-state index contributed by atoms with van der Waals surface area (Å²) in [5.74, 6) is -1.71. The number of rotatable bonds is 2. The highest BCUT2D eigenvalue weighted by molar-refractivity contribution is 7.00. The van der Waals surface area contributed by atoms with Gasteiger partial charge in [-0.25, -0.2) is 0 Å². The summed E-state index contributed by atoms with van der Waals surface area (Å²) >= 11 is 1.11. The number of aromatic nitrogens is 2. The number of aliphatic carboxylic acids is 1. The second kappa shape index (κ2) is 4.02. The van der Waals surface area contributed by atoms with Crippen LogP contribution in [0.15, 0.2) is 18.2 Å². The van der Waals surface area contributed by atoms with Crippen LogP contribution >= 0.6 is 11.7 Å². The molecule has 1 atom stereocenters. The highest BCUT2D eigenvalue weighted by atomic mass is 32.1. The molecule has 1 aliphatic rings. The lowest BCUT2D eigenvalue weighted by molar-refractivity contribution is -0.141. The summed E-state index contributed by atoms with van der Waals surface area (Å²) in [7, 11) is 0. The molecule has 1 N–H and O–H groups in total. The first-order chi connectivity index (χ1) is 8.65. The lowest BCUT2D eigenvalue weighted by Crippen LogP contribution is -2.25. The second-order valence-corrected chi connectivity index (χ2v) is 4.71. The fraction of sp³-hybridized carbons (Fsp3) is 0.273. The van der Waals surface area contributed by atoms with Gasteiger partial charge in [-0.1, -0.05) is 0 Å². The zero-order chi connectivity index (χ0) is 12.7. The summed E-state index contributed by atoms with van der Waals surface area (Å²) in [5, 5.41) is 8.93. The van der Waals surface area contributed by atoms with E-state index in [1.807, 2.05) is 0 Å². The molecule has 2 aromatic rings. The molecular weight excluding hydrogens is 254 g/mol. The molecule has 1 unspecified atom stereocenters. The molecule has 0 radical (unpaired) electrons. The van der Waals surface area contributed by atoms with Crippen molar-refractivity contribution >= 4 is 40.3 Å². The number of nitrogens with zero attached hydrogens (tertiary/aromatic N) is 3. The summed E-state index contributed by atoms with van der Waals surface area (Å²) in [5.41, 5.74) is 2.19. The number of hydrogen-bond donors (Lipinski definition) is 1. The molecule has 18 heavy (non-hydrogen) atoms. The molecule has 0 saturated carbocycles. The predicted octanol–water partition coefficient (Wildman–Crippen LogP) is 1.13. The first-order valence-electron chi connectivity index (χ1n) is 5.40. The Morgan fingerprint density at radius 3 is 2.89 bits per heavy atom. The smallest absolute Gasteiger partial charge is 0.308 e. The van der Waals surface area contributed by atoms with Gasteiger partial charge in [0, 0.05) is 18.7 Å². The van der Waals surface area contributed by atoms with E-state index in [2.05, 4.69) is 8.75 Å². The van der Waals surface area contributed by atoms with E-state index < -0.39 is 11.9 Å². The van der Waals surface area contributed by atoms with E-state index in [0.29, 0.717) is 5.69 Å². The molecule has 0 aliphatic carbocycles. The number of anilines is 1. The van der Waals surface area contributed by atoms with Gasteiger partial charge < -0.3 is 10.0 Å². The molecule has 0 spiro atoms. The maximum absolute atomic E-state index is 11.8. The molecule has 6 nitrogen and oxygen atoms in total. The topological polar surface area (TPSA) is 83.4 Å². The van der Waals surface area contributed by atoms with Gasteiger partial charge in [-0.2, -0.15) is 8.75 Å². The van der Waals surface area contributed by atoms with Crippen molar-refractivity contribution in [3.8, 4) is 0 Å². The van der Waals surface area contributed by atoms with Crippen LogP contribution in [0, 0.1) is 5.92 Å². The van der Waals surface area contributed by atoms with E-state index in [4.69, 9.17) is 5.11 Å².